The third-order valence-corrected chi connectivity index (χ3v) is 0.668. The second-order valence-electron chi connectivity index (χ2n) is 1.56. The van der Waals surface area contributed by atoms with Gasteiger partial charge in [-0.1, -0.05) is 6.92 Å². The van der Waals surface area contributed by atoms with Gasteiger partial charge in [0.2, 0.25) is 0 Å². The van der Waals surface area contributed by atoms with Crippen molar-refractivity contribution in [3.63, 3.8) is 0 Å². The maximum Gasteiger partial charge on any atom is 0.381 e. The number of hydrogen-bond donors (Lipinski definition) is 0. The molecule has 0 spiro atoms. The van der Waals surface area contributed by atoms with E-state index in [1.165, 1.54) is 0 Å². The van der Waals surface area contributed by atoms with E-state index in [9.17, 15) is 13.6 Å². The lowest BCUT2D eigenvalue weighted by molar-refractivity contribution is -0.356. The largest absolute Gasteiger partial charge is 0.381 e. The van der Waals surface area contributed by atoms with Gasteiger partial charge in [0.25, 0.3) is 0 Å². The van der Waals surface area contributed by atoms with Gasteiger partial charge in [-0.2, -0.15) is 8.78 Å². The molecule has 60 valence electrons. The van der Waals surface area contributed by atoms with E-state index in [0.717, 1.165) is 0 Å². The molecule has 5 heteroatoms. The van der Waals surface area contributed by atoms with Gasteiger partial charge in [-0.25, -0.2) is 4.79 Å². The van der Waals surface area contributed by atoms with Crippen molar-refractivity contribution in [2.45, 2.75) is 26.4 Å². The molecule has 0 aromatic rings. The van der Waals surface area contributed by atoms with Crippen molar-refractivity contribution in [1.29, 1.82) is 0 Å². The normalized spacial score (nSPS) is 10.0. The summed E-state index contributed by atoms with van der Waals surface area (Å²) in [4.78, 5) is 17.2. The number of hydrogen-bond acceptors (Lipinski definition) is 3. The highest BCUT2D eigenvalue weighted by atomic mass is 19.3. The Morgan fingerprint density at radius 3 is 2.60 bits per heavy atom. The molecule has 0 radical (unpaired) electrons. The highest BCUT2D eigenvalue weighted by Crippen LogP contribution is 1.98. The van der Waals surface area contributed by atoms with E-state index >= 15 is 0 Å². The Morgan fingerprint density at radius 1 is 1.60 bits per heavy atom. The van der Waals surface area contributed by atoms with Crippen molar-refractivity contribution in [2.24, 2.45) is 0 Å². The zero-order valence-corrected chi connectivity index (χ0v) is 5.47. The number of carbonyl (C=O) groups excluding carboxylic acids is 1. The van der Waals surface area contributed by atoms with E-state index in [2.05, 4.69) is 9.78 Å². The second kappa shape index (κ2) is 5.10. The molecular weight excluding hydrogens is 146 g/mol. The van der Waals surface area contributed by atoms with Gasteiger partial charge >= 0.3 is 12.6 Å². The molecule has 0 saturated carbocycles. The molecule has 0 aliphatic heterocycles. The first-order valence-corrected chi connectivity index (χ1v) is 2.81. The number of rotatable bonds is 4. The van der Waals surface area contributed by atoms with Crippen LogP contribution in [-0.4, -0.2) is 12.6 Å². The molecule has 0 atom stereocenters. The van der Waals surface area contributed by atoms with Crippen LogP contribution in [0.4, 0.5) is 8.78 Å². The lowest BCUT2D eigenvalue weighted by Crippen LogP contribution is -2.07. The fourth-order valence-corrected chi connectivity index (χ4v) is 0.336. The van der Waals surface area contributed by atoms with Crippen molar-refractivity contribution in [2.75, 3.05) is 0 Å². The molecule has 0 rings (SSSR count). The summed E-state index contributed by atoms with van der Waals surface area (Å²) in [6, 6.07) is 0. The van der Waals surface area contributed by atoms with Crippen LogP contribution in [0.1, 0.15) is 19.8 Å². The van der Waals surface area contributed by atoms with Crippen LogP contribution in [0.25, 0.3) is 0 Å². The maximum absolute atomic E-state index is 11.1. The molecule has 0 aliphatic carbocycles. The van der Waals surface area contributed by atoms with E-state index in [1.54, 1.807) is 6.92 Å². The average molecular weight is 154 g/mol. The molecule has 0 aliphatic rings. The number of carbonyl (C=O) groups is 1. The predicted octanol–water partition coefficient (Wildman–Crippen LogP) is 1.48. The molecule has 0 unspecified atom stereocenters. The third-order valence-electron chi connectivity index (χ3n) is 0.668. The van der Waals surface area contributed by atoms with Crippen LogP contribution in [0.2, 0.25) is 0 Å². The highest BCUT2D eigenvalue weighted by Gasteiger charge is 2.07. The maximum atomic E-state index is 11.1. The van der Waals surface area contributed by atoms with Crippen LogP contribution >= 0.6 is 0 Å². The summed E-state index contributed by atoms with van der Waals surface area (Å²) < 4.78 is 22.3. The molecular formula is C5H8F2O3. The van der Waals surface area contributed by atoms with E-state index in [1.807, 2.05) is 0 Å². The van der Waals surface area contributed by atoms with Crippen LogP contribution in [0.5, 0.6) is 0 Å². The highest BCUT2D eigenvalue weighted by molar-refractivity contribution is 5.68. The van der Waals surface area contributed by atoms with Crippen LogP contribution in [0.3, 0.4) is 0 Å². The van der Waals surface area contributed by atoms with E-state index in [4.69, 9.17) is 0 Å². The first-order valence-electron chi connectivity index (χ1n) is 2.81. The Labute approximate surface area is 56.8 Å². The zero-order chi connectivity index (χ0) is 7.98. The van der Waals surface area contributed by atoms with Crippen molar-refractivity contribution < 1.29 is 23.4 Å². The molecule has 0 bridgehead atoms. The summed E-state index contributed by atoms with van der Waals surface area (Å²) in [5.41, 5.74) is 0. The Balaban J connectivity index is 3.22. The summed E-state index contributed by atoms with van der Waals surface area (Å²) >= 11 is 0. The Bertz CT molecular complexity index is 105. The zero-order valence-electron chi connectivity index (χ0n) is 5.47. The number of alkyl halides is 2. The van der Waals surface area contributed by atoms with E-state index in [-0.39, 0.29) is 6.42 Å². The smallest absolute Gasteiger partial charge is 0.293 e. The lowest BCUT2D eigenvalue weighted by Gasteiger charge is -1.99. The molecule has 0 N–H and O–H groups in total. The van der Waals surface area contributed by atoms with Crippen LogP contribution in [0, 0.1) is 0 Å². The topological polar surface area (TPSA) is 35.5 Å². The Kier molecular flexibility index (Phi) is 4.74. The Hall–Kier alpha value is -0.710. The molecule has 0 saturated heterocycles. The average Bonchev–Trinajstić information content (AvgIpc) is 1.85. The predicted molar refractivity (Wildman–Crippen MR) is 28.1 cm³/mol. The molecule has 0 aromatic carbocycles. The van der Waals surface area contributed by atoms with Crippen molar-refractivity contribution in [1.82, 2.24) is 0 Å². The summed E-state index contributed by atoms with van der Waals surface area (Å²) in [7, 11) is 0. The number of halogens is 2. The van der Waals surface area contributed by atoms with Gasteiger partial charge in [-0.15, -0.1) is 4.89 Å². The van der Waals surface area contributed by atoms with Crippen molar-refractivity contribution in [3.8, 4) is 0 Å². The van der Waals surface area contributed by atoms with Crippen LogP contribution in [-0.2, 0) is 14.6 Å². The van der Waals surface area contributed by atoms with Gasteiger partial charge in [0.05, 0.1) is 0 Å². The summed E-state index contributed by atoms with van der Waals surface area (Å²) in [5.74, 6) is -0.775. The first-order chi connectivity index (χ1) is 4.66. The van der Waals surface area contributed by atoms with Crippen LogP contribution < -0.4 is 0 Å². The molecule has 0 heterocycles. The first kappa shape index (κ1) is 9.29. The summed E-state index contributed by atoms with van der Waals surface area (Å²) in [6.45, 7) is -1.33. The van der Waals surface area contributed by atoms with Gasteiger partial charge in [-0.05, 0) is 6.42 Å². The summed E-state index contributed by atoms with van der Waals surface area (Å²) in [5, 5.41) is 0. The monoisotopic (exact) mass is 154 g/mol. The minimum absolute atomic E-state index is 0.0900. The molecule has 0 aromatic heterocycles. The van der Waals surface area contributed by atoms with Crippen LogP contribution in [0.15, 0.2) is 0 Å². The van der Waals surface area contributed by atoms with Crippen molar-refractivity contribution >= 4 is 5.97 Å². The molecule has 0 fully saturated rings. The third kappa shape index (κ3) is 5.43. The van der Waals surface area contributed by atoms with Crippen molar-refractivity contribution in [3.05, 3.63) is 0 Å². The second-order valence-corrected chi connectivity index (χ2v) is 1.56. The van der Waals surface area contributed by atoms with Gasteiger partial charge < -0.3 is 0 Å². The fraction of sp³-hybridized carbons (Fsp3) is 0.800. The standard InChI is InChI=1S/C5H8F2O3/c1-2-3-4(8)9-10-5(6)7/h5H,2-3H2,1H3. The minimum atomic E-state index is -3.05. The van der Waals surface area contributed by atoms with E-state index < -0.39 is 12.6 Å². The fourth-order valence-electron chi connectivity index (χ4n) is 0.336. The molecule has 3 nitrogen and oxygen atoms in total. The van der Waals surface area contributed by atoms with E-state index in [0.29, 0.717) is 6.42 Å². The SMILES string of the molecule is CCCC(=O)OOC(F)F. The Morgan fingerprint density at radius 2 is 2.20 bits per heavy atom. The lowest BCUT2D eigenvalue weighted by atomic mass is 10.3. The minimum Gasteiger partial charge on any atom is -0.293 e. The van der Waals surface area contributed by atoms with Gasteiger partial charge in [-0.3, -0.25) is 4.89 Å². The summed E-state index contributed by atoms with van der Waals surface area (Å²) in [6.07, 6.45) is 0.637. The van der Waals surface area contributed by atoms with Gasteiger partial charge in [0.15, 0.2) is 0 Å². The molecule has 0 amide bonds. The van der Waals surface area contributed by atoms with Gasteiger partial charge in [0, 0.05) is 6.42 Å². The quantitative estimate of drug-likeness (QED) is 0.454. The molecule has 10 heavy (non-hydrogen) atoms. The van der Waals surface area contributed by atoms with Gasteiger partial charge in [0.1, 0.15) is 0 Å².